The van der Waals surface area contributed by atoms with E-state index in [0.717, 1.165) is 5.56 Å². The summed E-state index contributed by atoms with van der Waals surface area (Å²) in [5.74, 6) is -1.72. The van der Waals surface area contributed by atoms with Gasteiger partial charge in [-0.25, -0.2) is 9.59 Å². The first kappa shape index (κ1) is 19.5. The molecule has 2 atom stereocenters. The fraction of sp³-hybridized carbons (Fsp3) is 0.471. The van der Waals surface area contributed by atoms with Crippen LogP contribution in [-0.2, 0) is 25.7 Å². The van der Waals surface area contributed by atoms with Gasteiger partial charge in [0.2, 0.25) is 0 Å². The Kier molecular flexibility index (Phi) is 8.32. The summed E-state index contributed by atoms with van der Waals surface area (Å²) in [5, 5.41) is 11.1. The van der Waals surface area contributed by atoms with E-state index >= 15 is 0 Å². The monoisotopic (exact) mass is 337 g/mol. The molecule has 7 heteroatoms. The highest BCUT2D eigenvalue weighted by Gasteiger charge is 2.25. The van der Waals surface area contributed by atoms with E-state index in [0.29, 0.717) is 6.42 Å². The Bertz CT molecular complexity index is 545. The van der Waals surface area contributed by atoms with Gasteiger partial charge in [0.05, 0.1) is 6.10 Å². The Hall–Kier alpha value is -2.57. The summed E-state index contributed by atoms with van der Waals surface area (Å²) in [6.07, 6.45) is -0.817. The van der Waals surface area contributed by atoms with E-state index in [1.807, 2.05) is 25.1 Å². The number of carbonyl (C=O) groups is 3. The van der Waals surface area contributed by atoms with Crippen molar-refractivity contribution in [2.75, 3.05) is 0 Å². The second kappa shape index (κ2) is 10.3. The number of ether oxygens (including phenoxy) is 2. The molecular weight excluding hydrogens is 314 g/mol. The van der Waals surface area contributed by atoms with Crippen LogP contribution in [0.3, 0.4) is 0 Å². The molecule has 0 saturated heterocycles. The third-order valence-electron chi connectivity index (χ3n) is 3.33. The van der Waals surface area contributed by atoms with Gasteiger partial charge in [0.25, 0.3) is 0 Å². The number of amides is 1. The second-order valence-corrected chi connectivity index (χ2v) is 5.35. The molecule has 1 rings (SSSR count). The Balaban J connectivity index is 2.56. The lowest BCUT2D eigenvalue weighted by Gasteiger charge is -2.19. The fourth-order valence-corrected chi connectivity index (χ4v) is 1.79. The highest BCUT2D eigenvalue weighted by atomic mass is 16.6. The summed E-state index contributed by atoms with van der Waals surface area (Å²) in [5.41, 5.74) is 0.803. The van der Waals surface area contributed by atoms with Crippen molar-refractivity contribution in [2.24, 2.45) is 0 Å². The molecule has 0 radical (unpaired) electrons. The largest absolute Gasteiger partial charge is 0.481 e. The van der Waals surface area contributed by atoms with Crippen LogP contribution in [0, 0.1) is 0 Å². The van der Waals surface area contributed by atoms with Gasteiger partial charge in [0, 0.05) is 6.42 Å². The molecule has 0 aliphatic heterocycles. The van der Waals surface area contributed by atoms with E-state index in [-0.39, 0.29) is 25.6 Å². The number of benzene rings is 1. The van der Waals surface area contributed by atoms with Crippen LogP contribution in [0.4, 0.5) is 4.79 Å². The van der Waals surface area contributed by atoms with Crippen LogP contribution in [0.1, 0.15) is 38.7 Å². The number of nitrogens with one attached hydrogen (secondary N) is 1. The quantitative estimate of drug-likeness (QED) is 0.671. The molecule has 0 bridgehead atoms. The van der Waals surface area contributed by atoms with Crippen molar-refractivity contribution in [3.05, 3.63) is 35.9 Å². The predicted octanol–water partition coefficient (Wildman–Crippen LogP) is 2.49. The molecule has 1 unspecified atom stereocenters. The van der Waals surface area contributed by atoms with Crippen LogP contribution in [-0.4, -0.2) is 35.3 Å². The molecule has 1 aromatic carbocycles. The normalized spacial score (nSPS) is 12.8. The van der Waals surface area contributed by atoms with Gasteiger partial charge in [-0.1, -0.05) is 37.3 Å². The maximum absolute atomic E-state index is 12.0. The van der Waals surface area contributed by atoms with Crippen LogP contribution in [0.2, 0.25) is 0 Å². The lowest BCUT2D eigenvalue weighted by atomic mass is 10.1. The third-order valence-corrected chi connectivity index (χ3v) is 3.33. The molecule has 0 saturated carbocycles. The first-order valence-electron chi connectivity index (χ1n) is 7.81. The molecule has 0 aromatic heterocycles. The smallest absolute Gasteiger partial charge is 0.408 e. The SMILES string of the molecule is CCC(C)OC(=O)[C@@H](CCC(=O)O)NC(=O)OCc1ccccc1. The molecule has 0 heterocycles. The number of hydrogen-bond acceptors (Lipinski definition) is 5. The number of carboxylic acid groups (broad SMARTS) is 1. The fourth-order valence-electron chi connectivity index (χ4n) is 1.79. The number of esters is 1. The minimum absolute atomic E-state index is 0.0543. The zero-order chi connectivity index (χ0) is 17.9. The molecular formula is C17H23NO6. The number of carboxylic acids is 1. The summed E-state index contributed by atoms with van der Waals surface area (Å²) in [4.78, 5) is 34.6. The Morgan fingerprint density at radius 3 is 2.46 bits per heavy atom. The Morgan fingerprint density at radius 2 is 1.88 bits per heavy atom. The number of rotatable bonds is 9. The molecule has 132 valence electrons. The van der Waals surface area contributed by atoms with Crippen LogP contribution < -0.4 is 5.32 Å². The van der Waals surface area contributed by atoms with Crippen LogP contribution in [0.5, 0.6) is 0 Å². The summed E-state index contributed by atoms with van der Waals surface area (Å²) in [7, 11) is 0. The maximum Gasteiger partial charge on any atom is 0.408 e. The average molecular weight is 337 g/mol. The van der Waals surface area contributed by atoms with E-state index < -0.39 is 24.1 Å². The van der Waals surface area contributed by atoms with Gasteiger partial charge in [-0.05, 0) is 25.3 Å². The van der Waals surface area contributed by atoms with Crippen molar-refractivity contribution in [3.8, 4) is 0 Å². The lowest BCUT2D eigenvalue weighted by molar-refractivity contribution is -0.151. The minimum Gasteiger partial charge on any atom is -0.481 e. The van der Waals surface area contributed by atoms with Crippen molar-refractivity contribution in [1.29, 1.82) is 0 Å². The predicted molar refractivity (Wildman–Crippen MR) is 86.3 cm³/mol. The van der Waals surface area contributed by atoms with Crippen LogP contribution in [0.15, 0.2) is 30.3 Å². The number of alkyl carbamates (subject to hydrolysis) is 1. The maximum atomic E-state index is 12.0. The summed E-state index contributed by atoms with van der Waals surface area (Å²) >= 11 is 0. The Morgan fingerprint density at radius 1 is 1.21 bits per heavy atom. The van der Waals surface area contributed by atoms with Crippen LogP contribution >= 0.6 is 0 Å². The van der Waals surface area contributed by atoms with Crippen molar-refractivity contribution in [3.63, 3.8) is 0 Å². The lowest BCUT2D eigenvalue weighted by Crippen LogP contribution is -2.43. The first-order valence-corrected chi connectivity index (χ1v) is 7.81. The average Bonchev–Trinajstić information content (AvgIpc) is 2.57. The molecule has 1 aromatic rings. The van der Waals surface area contributed by atoms with E-state index in [2.05, 4.69) is 5.32 Å². The highest BCUT2D eigenvalue weighted by molar-refractivity contribution is 5.82. The topological polar surface area (TPSA) is 102 Å². The third kappa shape index (κ3) is 7.62. The number of aliphatic carboxylic acids is 1. The van der Waals surface area contributed by atoms with Gasteiger partial charge in [0.1, 0.15) is 12.6 Å². The van der Waals surface area contributed by atoms with Gasteiger partial charge in [0.15, 0.2) is 0 Å². The molecule has 0 fully saturated rings. The van der Waals surface area contributed by atoms with Gasteiger partial charge in [-0.3, -0.25) is 4.79 Å². The number of carbonyl (C=O) groups excluding carboxylic acids is 2. The van der Waals surface area contributed by atoms with Gasteiger partial charge in [-0.2, -0.15) is 0 Å². The Labute approximate surface area is 141 Å². The van der Waals surface area contributed by atoms with E-state index in [1.165, 1.54) is 0 Å². The van der Waals surface area contributed by atoms with Crippen LogP contribution in [0.25, 0.3) is 0 Å². The minimum atomic E-state index is -1.06. The number of hydrogen-bond donors (Lipinski definition) is 2. The van der Waals surface area contributed by atoms with Crippen molar-refractivity contribution in [1.82, 2.24) is 5.32 Å². The molecule has 7 nitrogen and oxygen atoms in total. The summed E-state index contributed by atoms with van der Waals surface area (Å²) < 4.78 is 10.2. The van der Waals surface area contributed by atoms with Crippen molar-refractivity contribution >= 4 is 18.0 Å². The molecule has 0 aliphatic rings. The standard InChI is InChI=1S/C17H23NO6/c1-3-12(2)24-16(21)14(9-10-15(19)20)18-17(22)23-11-13-7-5-4-6-8-13/h4-8,12,14H,3,9-11H2,1-2H3,(H,18,22)(H,19,20)/t12?,14-/m1/s1. The van der Waals surface area contributed by atoms with Crippen molar-refractivity contribution < 1.29 is 29.0 Å². The highest BCUT2D eigenvalue weighted by Crippen LogP contribution is 2.06. The van der Waals surface area contributed by atoms with E-state index in [4.69, 9.17) is 14.6 Å². The molecule has 1 amide bonds. The molecule has 24 heavy (non-hydrogen) atoms. The molecule has 0 aliphatic carbocycles. The van der Waals surface area contributed by atoms with Gasteiger partial charge in [-0.15, -0.1) is 0 Å². The summed E-state index contributed by atoms with van der Waals surface area (Å²) in [6, 6.07) is 8.01. The van der Waals surface area contributed by atoms with E-state index in [1.54, 1.807) is 19.1 Å². The van der Waals surface area contributed by atoms with Gasteiger partial charge < -0.3 is 19.9 Å². The zero-order valence-corrected chi connectivity index (χ0v) is 13.9. The summed E-state index contributed by atoms with van der Waals surface area (Å²) in [6.45, 7) is 3.63. The first-order chi connectivity index (χ1) is 11.4. The van der Waals surface area contributed by atoms with Crippen molar-refractivity contribution in [2.45, 2.75) is 51.9 Å². The van der Waals surface area contributed by atoms with E-state index in [9.17, 15) is 14.4 Å². The molecule has 2 N–H and O–H groups in total. The second-order valence-electron chi connectivity index (χ2n) is 5.35. The molecule has 0 spiro atoms. The zero-order valence-electron chi connectivity index (χ0n) is 13.9. The van der Waals surface area contributed by atoms with Gasteiger partial charge >= 0.3 is 18.0 Å².